The molecule has 0 unspecified atom stereocenters. The monoisotopic (exact) mass is 376 g/mol. The maximum absolute atomic E-state index is 12.8. The maximum atomic E-state index is 12.8. The number of hydrogen-bond donors (Lipinski definition) is 0. The van der Waals surface area contributed by atoms with Crippen molar-refractivity contribution in [3.05, 3.63) is 63.8 Å². The summed E-state index contributed by atoms with van der Waals surface area (Å²) in [5.74, 6) is -0.0972. The van der Waals surface area contributed by atoms with Crippen LogP contribution in [0.4, 0.5) is 10.5 Å². The van der Waals surface area contributed by atoms with Crippen molar-refractivity contribution in [3.8, 4) is 0 Å². The fourth-order valence-electron chi connectivity index (χ4n) is 2.59. The molecule has 2 heterocycles. The second-order valence-electron chi connectivity index (χ2n) is 5.49. The van der Waals surface area contributed by atoms with Gasteiger partial charge in [0.1, 0.15) is 6.61 Å². The van der Waals surface area contributed by atoms with E-state index in [1.54, 1.807) is 40.1 Å². The van der Waals surface area contributed by atoms with Crippen LogP contribution in [-0.4, -0.2) is 36.6 Å². The first-order chi connectivity index (χ1) is 12.1. The Morgan fingerprint density at radius 3 is 2.64 bits per heavy atom. The molecule has 0 aliphatic carbocycles. The fraction of sp³-hybridized carbons (Fsp3) is 0.222. The molecule has 1 aliphatic heterocycles. The Bertz CT molecular complexity index is 788. The molecule has 7 heteroatoms. The predicted molar refractivity (Wildman–Crippen MR) is 99.4 cm³/mol. The van der Waals surface area contributed by atoms with Gasteiger partial charge < -0.3 is 9.64 Å². The van der Waals surface area contributed by atoms with Gasteiger partial charge in [0.05, 0.1) is 17.4 Å². The molecule has 1 aliphatic rings. The van der Waals surface area contributed by atoms with Crippen molar-refractivity contribution >= 4 is 40.6 Å². The van der Waals surface area contributed by atoms with Crippen LogP contribution in [0.15, 0.2) is 49.1 Å². The Kier molecular flexibility index (Phi) is 5.40. The molecular weight excluding hydrogens is 360 g/mol. The van der Waals surface area contributed by atoms with Gasteiger partial charge in [0.15, 0.2) is 0 Å². The molecule has 0 atom stereocenters. The van der Waals surface area contributed by atoms with E-state index in [-0.39, 0.29) is 12.0 Å². The number of anilines is 1. The van der Waals surface area contributed by atoms with E-state index in [1.807, 2.05) is 12.1 Å². The number of hydrogen-bond acceptors (Lipinski definition) is 4. The Balaban J connectivity index is 1.74. The molecule has 3 rings (SSSR count). The second-order valence-corrected chi connectivity index (χ2v) is 7.29. The molecule has 0 N–H and O–H groups in total. The average molecular weight is 377 g/mol. The summed E-state index contributed by atoms with van der Waals surface area (Å²) in [5.41, 5.74) is 1.28. The molecule has 1 aromatic heterocycles. The number of halogens is 1. The highest BCUT2D eigenvalue weighted by atomic mass is 35.5. The van der Waals surface area contributed by atoms with Crippen molar-refractivity contribution in [3.63, 3.8) is 0 Å². The van der Waals surface area contributed by atoms with Gasteiger partial charge in [-0.25, -0.2) is 4.79 Å². The Labute approximate surface area is 155 Å². The molecule has 0 radical (unpaired) electrons. The number of benzene rings is 1. The van der Waals surface area contributed by atoms with E-state index in [9.17, 15) is 9.59 Å². The molecular formula is C18H17ClN2O3S. The van der Waals surface area contributed by atoms with Crippen molar-refractivity contribution < 1.29 is 14.3 Å². The minimum Gasteiger partial charge on any atom is -0.447 e. The SMILES string of the molecule is C=CCN(Cc1ccc(Cl)s1)C(=O)c1ccc(N2CCOC2=O)cc1. The van der Waals surface area contributed by atoms with Gasteiger partial charge in [-0.2, -0.15) is 0 Å². The number of cyclic esters (lactones) is 1. The summed E-state index contributed by atoms with van der Waals surface area (Å²) in [6, 6.07) is 10.7. The Hall–Kier alpha value is -2.31. The van der Waals surface area contributed by atoms with E-state index in [0.29, 0.717) is 36.1 Å². The van der Waals surface area contributed by atoms with Crippen molar-refractivity contribution in [2.45, 2.75) is 6.54 Å². The highest BCUT2D eigenvalue weighted by Crippen LogP contribution is 2.24. The molecule has 2 amide bonds. The van der Waals surface area contributed by atoms with Crippen LogP contribution in [0.3, 0.4) is 0 Å². The van der Waals surface area contributed by atoms with Crippen LogP contribution in [0.1, 0.15) is 15.2 Å². The Morgan fingerprint density at radius 1 is 1.32 bits per heavy atom. The first-order valence-electron chi connectivity index (χ1n) is 7.77. The summed E-state index contributed by atoms with van der Waals surface area (Å²) in [6.45, 7) is 5.54. The molecule has 130 valence electrons. The smallest absolute Gasteiger partial charge is 0.414 e. The zero-order valence-electron chi connectivity index (χ0n) is 13.5. The number of amides is 2. The maximum Gasteiger partial charge on any atom is 0.414 e. The number of rotatable bonds is 6. The minimum absolute atomic E-state index is 0.0972. The predicted octanol–water partition coefficient (Wildman–Crippen LogP) is 4.19. The van der Waals surface area contributed by atoms with Crippen LogP contribution in [0.2, 0.25) is 4.34 Å². The summed E-state index contributed by atoms with van der Waals surface area (Å²) < 4.78 is 5.62. The lowest BCUT2D eigenvalue weighted by Gasteiger charge is -2.21. The van der Waals surface area contributed by atoms with Crippen LogP contribution in [-0.2, 0) is 11.3 Å². The van der Waals surface area contributed by atoms with Gasteiger partial charge in [0.25, 0.3) is 5.91 Å². The molecule has 25 heavy (non-hydrogen) atoms. The molecule has 1 fully saturated rings. The third kappa shape index (κ3) is 4.03. The number of carbonyl (C=O) groups excluding carboxylic acids is 2. The number of carbonyl (C=O) groups is 2. The highest BCUT2D eigenvalue weighted by molar-refractivity contribution is 7.16. The van der Waals surface area contributed by atoms with E-state index in [4.69, 9.17) is 16.3 Å². The molecule has 1 saturated heterocycles. The van der Waals surface area contributed by atoms with Crippen LogP contribution < -0.4 is 4.90 Å². The van der Waals surface area contributed by atoms with Gasteiger partial charge in [0.2, 0.25) is 0 Å². The zero-order chi connectivity index (χ0) is 17.8. The van der Waals surface area contributed by atoms with Crippen molar-refractivity contribution in [2.75, 3.05) is 24.6 Å². The van der Waals surface area contributed by atoms with Gasteiger partial charge in [-0.1, -0.05) is 17.7 Å². The third-order valence-electron chi connectivity index (χ3n) is 3.80. The number of thiophene rings is 1. The molecule has 1 aromatic carbocycles. The van der Waals surface area contributed by atoms with Gasteiger partial charge >= 0.3 is 6.09 Å². The van der Waals surface area contributed by atoms with E-state index in [2.05, 4.69) is 6.58 Å². The van der Waals surface area contributed by atoms with E-state index >= 15 is 0 Å². The summed E-state index contributed by atoms with van der Waals surface area (Å²) in [6.07, 6.45) is 1.34. The lowest BCUT2D eigenvalue weighted by molar-refractivity contribution is 0.0764. The standard InChI is InChI=1S/C18H17ClN2O3S/c1-2-9-20(12-15-7-8-16(19)25-15)17(22)13-3-5-14(6-4-13)21-10-11-24-18(21)23/h2-8H,1,9-12H2. The fourth-order valence-corrected chi connectivity index (χ4v) is 3.70. The summed E-state index contributed by atoms with van der Waals surface area (Å²) in [7, 11) is 0. The first-order valence-corrected chi connectivity index (χ1v) is 8.96. The van der Waals surface area contributed by atoms with E-state index in [0.717, 1.165) is 10.6 Å². The molecule has 5 nitrogen and oxygen atoms in total. The molecule has 0 saturated carbocycles. The average Bonchev–Trinajstić information content (AvgIpc) is 3.22. The topological polar surface area (TPSA) is 49.9 Å². The van der Waals surface area contributed by atoms with Crippen LogP contribution >= 0.6 is 22.9 Å². The van der Waals surface area contributed by atoms with Crippen molar-refractivity contribution in [1.82, 2.24) is 4.90 Å². The van der Waals surface area contributed by atoms with Gasteiger partial charge in [0, 0.05) is 22.7 Å². The van der Waals surface area contributed by atoms with Gasteiger partial charge in [-0.3, -0.25) is 9.69 Å². The highest BCUT2D eigenvalue weighted by Gasteiger charge is 2.24. The van der Waals surface area contributed by atoms with Crippen LogP contribution in [0, 0.1) is 0 Å². The van der Waals surface area contributed by atoms with Gasteiger partial charge in [-0.15, -0.1) is 17.9 Å². The summed E-state index contributed by atoms with van der Waals surface area (Å²) in [4.78, 5) is 28.6. The largest absolute Gasteiger partial charge is 0.447 e. The van der Waals surface area contributed by atoms with Gasteiger partial charge in [-0.05, 0) is 36.4 Å². The lowest BCUT2D eigenvalue weighted by atomic mass is 10.1. The second kappa shape index (κ2) is 7.72. The minimum atomic E-state index is -0.359. The number of ether oxygens (including phenoxy) is 1. The number of nitrogens with zero attached hydrogens (tertiary/aromatic N) is 2. The Morgan fingerprint density at radius 2 is 2.08 bits per heavy atom. The molecule has 0 bridgehead atoms. The molecule has 0 spiro atoms. The van der Waals surface area contributed by atoms with Crippen LogP contribution in [0.5, 0.6) is 0 Å². The van der Waals surface area contributed by atoms with Crippen LogP contribution in [0.25, 0.3) is 0 Å². The first kappa shape index (κ1) is 17.5. The summed E-state index contributed by atoms with van der Waals surface area (Å²) >= 11 is 7.41. The quantitative estimate of drug-likeness (QED) is 0.710. The third-order valence-corrected chi connectivity index (χ3v) is 5.01. The van der Waals surface area contributed by atoms with E-state index < -0.39 is 0 Å². The normalized spacial score (nSPS) is 13.6. The lowest BCUT2D eigenvalue weighted by Crippen LogP contribution is -2.30. The van der Waals surface area contributed by atoms with Crippen molar-refractivity contribution in [1.29, 1.82) is 0 Å². The zero-order valence-corrected chi connectivity index (χ0v) is 15.1. The summed E-state index contributed by atoms with van der Waals surface area (Å²) in [5, 5.41) is 0. The van der Waals surface area contributed by atoms with Crippen molar-refractivity contribution in [2.24, 2.45) is 0 Å². The van der Waals surface area contributed by atoms with E-state index in [1.165, 1.54) is 11.3 Å². The molecule has 2 aromatic rings.